The van der Waals surface area contributed by atoms with Gasteiger partial charge in [-0.15, -0.1) is 0 Å². The Morgan fingerprint density at radius 3 is 2.63 bits per heavy atom. The number of aromatic nitrogens is 1. The van der Waals surface area contributed by atoms with Gasteiger partial charge in [0.15, 0.2) is 0 Å². The van der Waals surface area contributed by atoms with Crippen LogP contribution in [0.1, 0.15) is 11.1 Å². The molecule has 94 valence electrons. The van der Waals surface area contributed by atoms with E-state index in [-0.39, 0.29) is 15.6 Å². The van der Waals surface area contributed by atoms with E-state index in [1.165, 1.54) is 24.4 Å². The van der Waals surface area contributed by atoms with E-state index in [0.29, 0.717) is 11.1 Å². The van der Waals surface area contributed by atoms with Crippen molar-refractivity contribution in [2.75, 3.05) is 0 Å². The molecule has 0 amide bonds. The van der Waals surface area contributed by atoms with Crippen LogP contribution in [-0.2, 0) is 0 Å². The van der Waals surface area contributed by atoms with Crippen molar-refractivity contribution >= 4 is 33.8 Å². The van der Waals surface area contributed by atoms with Crippen molar-refractivity contribution in [1.82, 2.24) is 4.98 Å². The van der Waals surface area contributed by atoms with E-state index in [1.54, 1.807) is 18.3 Å². The van der Waals surface area contributed by atoms with Gasteiger partial charge in [0, 0.05) is 18.0 Å². The summed E-state index contributed by atoms with van der Waals surface area (Å²) in [5.41, 5.74) is 1.33. The van der Waals surface area contributed by atoms with Gasteiger partial charge in [-0.25, -0.2) is 4.39 Å². The molecule has 0 N–H and O–H groups in total. The Bertz CT molecular complexity index is 676. The summed E-state index contributed by atoms with van der Waals surface area (Å²) in [6.07, 6.45) is 3.13. The van der Waals surface area contributed by atoms with Crippen molar-refractivity contribution in [3.63, 3.8) is 0 Å². The normalized spacial score (nSPS) is 11.7. The lowest BCUT2D eigenvalue weighted by Crippen LogP contribution is -1.88. The van der Waals surface area contributed by atoms with Crippen LogP contribution >= 0.6 is 23.2 Å². The van der Waals surface area contributed by atoms with Crippen LogP contribution in [0, 0.1) is 17.1 Å². The van der Waals surface area contributed by atoms with E-state index in [1.807, 2.05) is 6.07 Å². The number of hydrogen-bond donors (Lipinski definition) is 0. The Morgan fingerprint density at radius 1 is 1.26 bits per heavy atom. The number of halogens is 3. The number of benzene rings is 1. The molecule has 0 saturated carbocycles. The largest absolute Gasteiger partial charge is 0.264 e. The lowest BCUT2D eigenvalue weighted by molar-refractivity contribution is 0.628. The van der Waals surface area contributed by atoms with Crippen molar-refractivity contribution in [2.24, 2.45) is 0 Å². The molecule has 0 radical (unpaired) electrons. The molecule has 2 aromatic rings. The highest BCUT2D eigenvalue weighted by atomic mass is 35.5. The fourth-order valence-corrected chi connectivity index (χ4v) is 1.98. The van der Waals surface area contributed by atoms with Gasteiger partial charge in [0.1, 0.15) is 11.9 Å². The van der Waals surface area contributed by atoms with E-state index in [2.05, 4.69) is 4.98 Å². The van der Waals surface area contributed by atoms with E-state index in [9.17, 15) is 9.65 Å². The Hall–Kier alpha value is -1.89. The summed E-state index contributed by atoms with van der Waals surface area (Å²) < 4.78 is 13.1. The molecule has 0 atom stereocenters. The molecule has 0 unspecified atom stereocenters. The Balaban J connectivity index is 2.56. The number of nitriles is 1. The molecule has 5 heteroatoms. The zero-order chi connectivity index (χ0) is 13.8. The Labute approximate surface area is 119 Å². The average Bonchev–Trinajstić information content (AvgIpc) is 2.44. The second-order valence-electron chi connectivity index (χ2n) is 3.67. The summed E-state index contributed by atoms with van der Waals surface area (Å²) in [5.74, 6) is -0.533. The quantitative estimate of drug-likeness (QED) is 0.764. The number of pyridine rings is 1. The third-order valence-electron chi connectivity index (χ3n) is 2.45. The van der Waals surface area contributed by atoms with Crippen LogP contribution in [0.2, 0.25) is 5.02 Å². The molecule has 1 aromatic heterocycles. The first-order chi connectivity index (χ1) is 9.13. The summed E-state index contributed by atoms with van der Waals surface area (Å²) in [5, 5.41) is 9.37. The van der Waals surface area contributed by atoms with Crippen molar-refractivity contribution in [3.05, 3.63) is 64.7 Å². The van der Waals surface area contributed by atoms with E-state index in [0.717, 1.165) is 0 Å². The van der Waals surface area contributed by atoms with Crippen LogP contribution in [0.5, 0.6) is 0 Å². The van der Waals surface area contributed by atoms with Gasteiger partial charge in [0.2, 0.25) is 0 Å². The van der Waals surface area contributed by atoms with E-state index in [4.69, 9.17) is 23.2 Å². The molecule has 0 saturated heterocycles. The maximum absolute atomic E-state index is 13.1. The monoisotopic (exact) mass is 292 g/mol. The molecule has 0 spiro atoms. The van der Waals surface area contributed by atoms with Crippen molar-refractivity contribution < 1.29 is 4.39 Å². The first-order valence-electron chi connectivity index (χ1n) is 5.29. The zero-order valence-electron chi connectivity index (χ0n) is 9.57. The van der Waals surface area contributed by atoms with Gasteiger partial charge in [-0.3, -0.25) is 4.98 Å². The van der Waals surface area contributed by atoms with Crippen LogP contribution in [0.4, 0.5) is 4.39 Å². The molecule has 2 rings (SSSR count). The third kappa shape index (κ3) is 2.93. The van der Waals surface area contributed by atoms with Crippen LogP contribution in [0.25, 0.3) is 10.6 Å². The summed E-state index contributed by atoms with van der Waals surface area (Å²) in [6.45, 7) is 0. The van der Waals surface area contributed by atoms with Gasteiger partial charge in [-0.2, -0.15) is 5.26 Å². The topological polar surface area (TPSA) is 36.7 Å². The lowest BCUT2D eigenvalue weighted by atomic mass is 10.1. The Kier molecular flexibility index (Phi) is 4.16. The van der Waals surface area contributed by atoms with Crippen LogP contribution in [0.3, 0.4) is 0 Å². The SMILES string of the molecule is N#C/C(=C(\Cl)c1ccc(F)c(Cl)c1)c1cccnc1. The number of nitrogens with zero attached hydrogens (tertiary/aromatic N) is 2. The first kappa shape index (κ1) is 13.5. The van der Waals surface area contributed by atoms with Gasteiger partial charge < -0.3 is 0 Å². The van der Waals surface area contributed by atoms with Gasteiger partial charge in [-0.1, -0.05) is 35.3 Å². The van der Waals surface area contributed by atoms with Crippen molar-refractivity contribution in [2.45, 2.75) is 0 Å². The van der Waals surface area contributed by atoms with Crippen LogP contribution < -0.4 is 0 Å². The molecule has 19 heavy (non-hydrogen) atoms. The van der Waals surface area contributed by atoms with Crippen LogP contribution in [0.15, 0.2) is 42.7 Å². The number of hydrogen-bond acceptors (Lipinski definition) is 2. The Morgan fingerprint density at radius 2 is 2.05 bits per heavy atom. The van der Waals surface area contributed by atoms with Crippen molar-refractivity contribution in [1.29, 1.82) is 5.26 Å². The molecule has 0 aliphatic rings. The minimum atomic E-state index is -0.533. The fourth-order valence-electron chi connectivity index (χ4n) is 1.53. The van der Waals surface area contributed by atoms with Gasteiger partial charge in [0.05, 0.1) is 15.6 Å². The molecule has 2 nitrogen and oxygen atoms in total. The molecule has 0 aliphatic heterocycles. The fraction of sp³-hybridized carbons (Fsp3) is 0. The maximum atomic E-state index is 13.1. The summed E-state index contributed by atoms with van der Waals surface area (Å²) >= 11 is 11.9. The highest BCUT2D eigenvalue weighted by molar-refractivity contribution is 6.53. The lowest BCUT2D eigenvalue weighted by Gasteiger charge is -2.05. The standard InChI is InChI=1S/C14H7Cl2FN2/c15-12-6-9(3-4-13(12)17)14(16)11(7-18)10-2-1-5-19-8-10/h1-6,8H/b14-11+. The predicted octanol–water partition coefficient (Wildman–Crippen LogP) is 4.50. The van der Waals surface area contributed by atoms with Crippen molar-refractivity contribution in [3.8, 4) is 6.07 Å². The molecule has 0 aliphatic carbocycles. The van der Waals surface area contributed by atoms with Gasteiger partial charge >= 0.3 is 0 Å². The molecule has 0 fully saturated rings. The van der Waals surface area contributed by atoms with Gasteiger partial charge in [-0.05, 0) is 23.8 Å². The molecule has 1 heterocycles. The number of allylic oxidation sites excluding steroid dienone is 1. The third-order valence-corrected chi connectivity index (χ3v) is 3.15. The van der Waals surface area contributed by atoms with Gasteiger partial charge in [0.25, 0.3) is 0 Å². The molecular formula is C14H7Cl2FN2. The molecule has 0 bridgehead atoms. The van der Waals surface area contributed by atoms with E-state index < -0.39 is 5.82 Å². The smallest absolute Gasteiger partial charge is 0.141 e. The highest BCUT2D eigenvalue weighted by Crippen LogP contribution is 2.30. The summed E-state index contributed by atoms with van der Waals surface area (Å²) in [6, 6.07) is 9.50. The minimum Gasteiger partial charge on any atom is -0.264 e. The molecular weight excluding hydrogens is 286 g/mol. The predicted molar refractivity (Wildman–Crippen MR) is 73.9 cm³/mol. The second-order valence-corrected chi connectivity index (χ2v) is 4.46. The summed E-state index contributed by atoms with van der Waals surface area (Å²) in [4.78, 5) is 3.93. The first-order valence-corrected chi connectivity index (χ1v) is 6.04. The minimum absolute atomic E-state index is 0.0425. The number of rotatable bonds is 2. The highest BCUT2D eigenvalue weighted by Gasteiger charge is 2.11. The van der Waals surface area contributed by atoms with E-state index >= 15 is 0 Å². The average molecular weight is 293 g/mol. The zero-order valence-corrected chi connectivity index (χ0v) is 11.1. The maximum Gasteiger partial charge on any atom is 0.141 e. The van der Waals surface area contributed by atoms with Crippen LogP contribution in [-0.4, -0.2) is 4.98 Å². The summed E-state index contributed by atoms with van der Waals surface area (Å²) in [7, 11) is 0. The second kappa shape index (κ2) is 5.83. The molecule has 1 aromatic carbocycles.